The molecule has 0 saturated heterocycles. The van der Waals surface area contributed by atoms with Gasteiger partial charge in [-0.2, -0.15) is 4.31 Å². The summed E-state index contributed by atoms with van der Waals surface area (Å²) in [5.74, 6) is 0.864. The number of anilines is 1. The molecule has 0 aromatic carbocycles. The summed E-state index contributed by atoms with van der Waals surface area (Å²) >= 11 is 0. The zero-order valence-electron chi connectivity index (χ0n) is 15.3. The molecule has 2 aliphatic rings. The lowest BCUT2D eigenvalue weighted by Gasteiger charge is -2.18. The molecule has 0 bridgehead atoms. The average Bonchev–Trinajstić information content (AvgIpc) is 3.27. The largest absolute Gasteiger partial charge is 0.383 e. The normalized spacial score (nSPS) is 19.3. The standard InChI is InChI=1S/C17H20N6O3S/c1-8(2)23-10-6-22(3)27(24,25)15-13(21-26-14(15)9-4-5-9)11(10)12-16(18)19-7-20-17(12)23/h7-9H,4-6H2,1-3H3,(H2,18,19,20). The highest BCUT2D eigenvalue weighted by molar-refractivity contribution is 7.89. The number of nitrogen functional groups attached to an aromatic ring is 1. The highest BCUT2D eigenvalue weighted by Crippen LogP contribution is 2.50. The zero-order valence-corrected chi connectivity index (χ0v) is 16.1. The molecule has 1 fully saturated rings. The summed E-state index contributed by atoms with van der Waals surface area (Å²) in [5, 5.41) is 4.84. The number of hydrogen-bond acceptors (Lipinski definition) is 7. The minimum atomic E-state index is -3.73. The lowest BCUT2D eigenvalue weighted by atomic mass is 10.1. The number of rotatable bonds is 2. The highest BCUT2D eigenvalue weighted by atomic mass is 32.2. The van der Waals surface area contributed by atoms with Crippen molar-refractivity contribution >= 4 is 26.9 Å². The zero-order chi connectivity index (χ0) is 19.1. The van der Waals surface area contributed by atoms with Crippen LogP contribution in [-0.4, -0.2) is 39.5 Å². The molecule has 4 heterocycles. The number of nitrogens with zero attached hydrogens (tertiary/aromatic N) is 5. The molecule has 2 N–H and O–H groups in total. The summed E-state index contributed by atoms with van der Waals surface area (Å²) in [6.07, 6.45) is 3.25. The van der Waals surface area contributed by atoms with Crippen LogP contribution in [0.3, 0.4) is 0 Å². The lowest BCUT2D eigenvalue weighted by Crippen LogP contribution is -2.27. The van der Waals surface area contributed by atoms with Gasteiger partial charge in [-0.25, -0.2) is 18.4 Å². The first-order valence-corrected chi connectivity index (χ1v) is 10.4. The number of hydrogen-bond donors (Lipinski definition) is 1. The summed E-state index contributed by atoms with van der Waals surface area (Å²) in [6, 6.07) is 0.0537. The van der Waals surface area contributed by atoms with E-state index in [1.165, 1.54) is 10.6 Å². The van der Waals surface area contributed by atoms with E-state index in [4.69, 9.17) is 10.3 Å². The molecule has 3 aromatic heterocycles. The third-order valence-electron chi connectivity index (χ3n) is 5.33. The van der Waals surface area contributed by atoms with Crippen LogP contribution in [0, 0.1) is 0 Å². The minimum Gasteiger partial charge on any atom is -0.383 e. The van der Waals surface area contributed by atoms with E-state index in [0.29, 0.717) is 33.9 Å². The second kappa shape index (κ2) is 5.29. The Labute approximate surface area is 156 Å². The molecule has 1 aliphatic heterocycles. The third kappa shape index (κ3) is 2.13. The summed E-state index contributed by atoms with van der Waals surface area (Å²) < 4.78 is 35.4. The SMILES string of the molecule is CC(C)n1c2c(c3c(N)ncnc31)-c1noc(C3CC3)c1S(=O)(=O)N(C)C2. The van der Waals surface area contributed by atoms with E-state index < -0.39 is 10.0 Å². The molecule has 9 nitrogen and oxygen atoms in total. The predicted octanol–water partition coefficient (Wildman–Crippen LogP) is 2.26. The van der Waals surface area contributed by atoms with Gasteiger partial charge >= 0.3 is 0 Å². The molecule has 0 atom stereocenters. The molecule has 1 saturated carbocycles. The van der Waals surface area contributed by atoms with E-state index in [1.807, 2.05) is 18.4 Å². The number of fused-ring (bicyclic) bond motifs is 5. The number of sulfonamides is 1. The lowest BCUT2D eigenvalue weighted by molar-refractivity contribution is 0.379. The van der Waals surface area contributed by atoms with Crippen molar-refractivity contribution in [2.45, 2.75) is 50.1 Å². The quantitative estimate of drug-likeness (QED) is 0.715. The second-order valence-corrected chi connectivity index (χ2v) is 9.48. The van der Waals surface area contributed by atoms with Crippen LogP contribution >= 0.6 is 0 Å². The summed E-state index contributed by atoms with van der Waals surface area (Å²) in [4.78, 5) is 8.73. The highest BCUT2D eigenvalue weighted by Gasteiger charge is 2.44. The van der Waals surface area contributed by atoms with Gasteiger partial charge in [-0.05, 0) is 26.7 Å². The van der Waals surface area contributed by atoms with Crippen molar-refractivity contribution in [3.05, 3.63) is 17.8 Å². The van der Waals surface area contributed by atoms with Crippen LogP contribution in [0.1, 0.15) is 50.1 Å². The van der Waals surface area contributed by atoms with Gasteiger partial charge in [-0.3, -0.25) is 0 Å². The van der Waals surface area contributed by atoms with Crippen LogP contribution in [0.15, 0.2) is 15.7 Å². The van der Waals surface area contributed by atoms with Crippen molar-refractivity contribution in [3.8, 4) is 11.3 Å². The first-order valence-electron chi connectivity index (χ1n) is 8.91. The Morgan fingerprint density at radius 1 is 1.30 bits per heavy atom. The monoisotopic (exact) mass is 388 g/mol. The molecule has 10 heteroatoms. The van der Waals surface area contributed by atoms with Gasteiger partial charge < -0.3 is 14.8 Å². The van der Waals surface area contributed by atoms with Crippen LogP contribution < -0.4 is 5.73 Å². The van der Waals surface area contributed by atoms with Crippen molar-refractivity contribution in [1.29, 1.82) is 0 Å². The molecule has 27 heavy (non-hydrogen) atoms. The van der Waals surface area contributed by atoms with Crippen LogP contribution in [0.25, 0.3) is 22.3 Å². The molecular weight excluding hydrogens is 368 g/mol. The maximum Gasteiger partial charge on any atom is 0.248 e. The Morgan fingerprint density at radius 2 is 2.04 bits per heavy atom. The maximum absolute atomic E-state index is 13.3. The Balaban J connectivity index is 1.97. The predicted molar refractivity (Wildman–Crippen MR) is 98.5 cm³/mol. The first-order chi connectivity index (χ1) is 12.8. The minimum absolute atomic E-state index is 0.0537. The molecule has 1 aliphatic carbocycles. The number of nitrogens with two attached hydrogens (primary N) is 1. The molecule has 0 amide bonds. The van der Waals surface area contributed by atoms with Crippen molar-refractivity contribution in [1.82, 2.24) is 24.0 Å². The summed E-state index contributed by atoms with van der Waals surface area (Å²) in [7, 11) is -2.15. The van der Waals surface area contributed by atoms with Gasteiger partial charge in [0.1, 0.15) is 23.5 Å². The fraction of sp³-hybridized carbons (Fsp3) is 0.471. The Kier molecular flexibility index (Phi) is 3.27. The van der Waals surface area contributed by atoms with E-state index in [0.717, 1.165) is 18.5 Å². The molecule has 142 valence electrons. The van der Waals surface area contributed by atoms with Gasteiger partial charge in [0.25, 0.3) is 0 Å². The van der Waals surface area contributed by atoms with E-state index in [2.05, 4.69) is 15.1 Å². The van der Waals surface area contributed by atoms with Gasteiger partial charge in [0.2, 0.25) is 10.0 Å². The van der Waals surface area contributed by atoms with Gasteiger partial charge in [-0.15, -0.1) is 0 Å². The van der Waals surface area contributed by atoms with Gasteiger partial charge in [-0.1, -0.05) is 5.16 Å². The van der Waals surface area contributed by atoms with Gasteiger partial charge in [0.15, 0.2) is 10.7 Å². The van der Waals surface area contributed by atoms with Crippen LogP contribution in [0.2, 0.25) is 0 Å². The summed E-state index contributed by atoms with van der Waals surface area (Å²) in [6.45, 7) is 4.25. The molecule has 5 rings (SSSR count). The van der Waals surface area contributed by atoms with Crippen molar-refractivity contribution < 1.29 is 12.9 Å². The van der Waals surface area contributed by atoms with E-state index in [1.54, 1.807) is 7.05 Å². The Hall–Kier alpha value is -2.46. The van der Waals surface area contributed by atoms with Crippen molar-refractivity contribution in [3.63, 3.8) is 0 Å². The fourth-order valence-electron chi connectivity index (χ4n) is 3.93. The van der Waals surface area contributed by atoms with Gasteiger partial charge in [0.05, 0.1) is 11.9 Å². The molecule has 3 aromatic rings. The topological polar surface area (TPSA) is 120 Å². The van der Waals surface area contributed by atoms with Crippen molar-refractivity contribution in [2.24, 2.45) is 0 Å². The Bertz CT molecular complexity index is 1190. The van der Waals surface area contributed by atoms with Gasteiger partial charge in [0, 0.05) is 30.3 Å². The average molecular weight is 388 g/mol. The maximum atomic E-state index is 13.3. The molecule has 0 radical (unpaired) electrons. The van der Waals surface area contributed by atoms with E-state index in [-0.39, 0.29) is 23.4 Å². The van der Waals surface area contributed by atoms with E-state index >= 15 is 0 Å². The van der Waals surface area contributed by atoms with Crippen LogP contribution in [-0.2, 0) is 16.6 Å². The fourth-order valence-corrected chi connectivity index (χ4v) is 5.38. The van der Waals surface area contributed by atoms with Crippen LogP contribution in [0.4, 0.5) is 5.82 Å². The molecular formula is C17H20N6O3S. The summed E-state index contributed by atoms with van der Waals surface area (Å²) in [5.41, 5.74) is 8.66. The third-order valence-corrected chi connectivity index (χ3v) is 7.19. The Morgan fingerprint density at radius 3 is 2.70 bits per heavy atom. The molecule has 0 spiro atoms. The first kappa shape index (κ1) is 16.7. The molecule has 0 unspecified atom stereocenters. The second-order valence-electron chi connectivity index (χ2n) is 7.50. The van der Waals surface area contributed by atoms with Crippen molar-refractivity contribution in [2.75, 3.05) is 12.8 Å². The van der Waals surface area contributed by atoms with E-state index in [9.17, 15) is 8.42 Å². The smallest absolute Gasteiger partial charge is 0.248 e. The van der Waals surface area contributed by atoms with Crippen LogP contribution in [0.5, 0.6) is 0 Å². The number of aromatic nitrogens is 4.